The molecule has 0 saturated heterocycles. The number of hydrogen-bond acceptors (Lipinski definition) is 2. The highest BCUT2D eigenvalue weighted by Gasteiger charge is 2.18. The lowest BCUT2D eigenvalue weighted by atomic mass is 10.1. The van der Waals surface area contributed by atoms with Gasteiger partial charge in [0.25, 0.3) is 5.91 Å². The topological polar surface area (TPSA) is 46.3 Å². The molecule has 0 aromatic heterocycles. The lowest BCUT2D eigenvalue weighted by molar-refractivity contribution is 0.0752. The van der Waals surface area contributed by atoms with Crippen molar-refractivity contribution in [2.75, 3.05) is 12.3 Å². The van der Waals surface area contributed by atoms with Crippen molar-refractivity contribution in [2.45, 2.75) is 13.5 Å². The van der Waals surface area contributed by atoms with Gasteiger partial charge in [-0.05, 0) is 52.7 Å². The second kappa shape index (κ2) is 7.09. The summed E-state index contributed by atoms with van der Waals surface area (Å²) in [5, 5.41) is 0. The molecule has 0 radical (unpaired) electrons. The molecule has 0 heterocycles. The lowest BCUT2D eigenvalue weighted by Gasteiger charge is -2.22. The SMILES string of the molecule is CCN(Cc1ccccc1N)C(=O)c1cc(Br)ccc1Br. The average Bonchev–Trinajstić information content (AvgIpc) is 2.48. The molecular weight excluding hydrogens is 396 g/mol. The number of nitrogen functional groups attached to an aromatic ring is 1. The largest absolute Gasteiger partial charge is 0.398 e. The van der Waals surface area contributed by atoms with E-state index in [4.69, 9.17) is 5.73 Å². The molecule has 21 heavy (non-hydrogen) atoms. The third-order valence-corrected chi connectivity index (χ3v) is 4.43. The van der Waals surface area contributed by atoms with Gasteiger partial charge in [-0.1, -0.05) is 34.1 Å². The second-order valence-corrected chi connectivity index (χ2v) is 6.41. The van der Waals surface area contributed by atoms with Gasteiger partial charge < -0.3 is 10.6 Å². The van der Waals surface area contributed by atoms with Crippen molar-refractivity contribution in [1.29, 1.82) is 0 Å². The molecule has 2 aromatic carbocycles. The van der Waals surface area contributed by atoms with E-state index in [0.717, 1.165) is 14.5 Å². The molecule has 1 amide bonds. The van der Waals surface area contributed by atoms with Crippen molar-refractivity contribution < 1.29 is 4.79 Å². The van der Waals surface area contributed by atoms with E-state index in [2.05, 4.69) is 31.9 Å². The highest BCUT2D eigenvalue weighted by atomic mass is 79.9. The van der Waals surface area contributed by atoms with E-state index in [1.807, 2.05) is 49.4 Å². The van der Waals surface area contributed by atoms with E-state index in [0.29, 0.717) is 24.3 Å². The summed E-state index contributed by atoms with van der Waals surface area (Å²) < 4.78 is 1.67. The van der Waals surface area contributed by atoms with E-state index in [1.54, 1.807) is 4.90 Å². The maximum absolute atomic E-state index is 12.7. The van der Waals surface area contributed by atoms with Gasteiger partial charge in [-0.2, -0.15) is 0 Å². The molecule has 0 spiro atoms. The van der Waals surface area contributed by atoms with Crippen molar-refractivity contribution in [3.63, 3.8) is 0 Å². The minimum absolute atomic E-state index is 0.0195. The fourth-order valence-corrected chi connectivity index (χ4v) is 2.82. The summed E-state index contributed by atoms with van der Waals surface area (Å²) in [6.07, 6.45) is 0. The molecule has 0 atom stereocenters. The molecule has 0 aliphatic carbocycles. The minimum Gasteiger partial charge on any atom is -0.398 e. The van der Waals surface area contributed by atoms with Crippen LogP contribution in [0.4, 0.5) is 5.69 Å². The maximum Gasteiger partial charge on any atom is 0.255 e. The fraction of sp³-hybridized carbons (Fsp3) is 0.188. The smallest absolute Gasteiger partial charge is 0.255 e. The number of rotatable bonds is 4. The molecule has 2 rings (SSSR count). The van der Waals surface area contributed by atoms with Crippen LogP contribution >= 0.6 is 31.9 Å². The number of hydrogen-bond donors (Lipinski definition) is 1. The first-order chi connectivity index (χ1) is 10.0. The summed E-state index contributed by atoms with van der Waals surface area (Å²) in [5.41, 5.74) is 8.26. The number of para-hydroxylation sites is 1. The van der Waals surface area contributed by atoms with Crippen LogP contribution in [0, 0.1) is 0 Å². The zero-order chi connectivity index (χ0) is 15.4. The number of nitrogens with zero attached hydrogens (tertiary/aromatic N) is 1. The van der Waals surface area contributed by atoms with Gasteiger partial charge in [-0.25, -0.2) is 0 Å². The average molecular weight is 412 g/mol. The van der Waals surface area contributed by atoms with Crippen LogP contribution in [0.3, 0.4) is 0 Å². The lowest BCUT2D eigenvalue weighted by Crippen LogP contribution is -2.30. The Bertz CT molecular complexity index is 658. The van der Waals surface area contributed by atoms with E-state index in [1.165, 1.54) is 0 Å². The molecule has 0 saturated carbocycles. The Balaban J connectivity index is 2.27. The van der Waals surface area contributed by atoms with Crippen molar-refractivity contribution in [3.8, 4) is 0 Å². The first-order valence-electron chi connectivity index (χ1n) is 6.60. The predicted molar refractivity (Wildman–Crippen MR) is 93.1 cm³/mol. The first kappa shape index (κ1) is 16.0. The predicted octanol–water partition coefficient (Wildman–Crippen LogP) is 4.46. The number of carbonyl (C=O) groups excluding carboxylic acids is 1. The minimum atomic E-state index is -0.0195. The van der Waals surface area contributed by atoms with Crippen LogP contribution in [-0.4, -0.2) is 17.4 Å². The Morgan fingerprint density at radius 3 is 2.57 bits per heavy atom. The number of nitrogens with two attached hydrogens (primary N) is 1. The molecule has 0 fully saturated rings. The second-order valence-electron chi connectivity index (χ2n) is 4.64. The Labute approximate surface area is 141 Å². The highest BCUT2D eigenvalue weighted by molar-refractivity contribution is 9.11. The van der Waals surface area contributed by atoms with Crippen LogP contribution < -0.4 is 5.73 Å². The van der Waals surface area contributed by atoms with E-state index >= 15 is 0 Å². The van der Waals surface area contributed by atoms with Gasteiger partial charge in [0.2, 0.25) is 0 Å². The first-order valence-corrected chi connectivity index (χ1v) is 8.19. The summed E-state index contributed by atoms with van der Waals surface area (Å²) in [7, 11) is 0. The quantitative estimate of drug-likeness (QED) is 0.755. The van der Waals surface area contributed by atoms with Gasteiger partial charge in [0.15, 0.2) is 0 Å². The molecule has 2 N–H and O–H groups in total. The van der Waals surface area contributed by atoms with Crippen LogP contribution in [0.5, 0.6) is 0 Å². The molecule has 0 aliphatic rings. The summed E-state index contributed by atoms with van der Waals surface area (Å²) >= 11 is 6.84. The van der Waals surface area contributed by atoms with E-state index < -0.39 is 0 Å². The molecule has 5 heteroatoms. The van der Waals surface area contributed by atoms with Gasteiger partial charge in [0, 0.05) is 27.7 Å². The monoisotopic (exact) mass is 410 g/mol. The van der Waals surface area contributed by atoms with Gasteiger partial charge in [-0.15, -0.1) is 0 Å². The molecule has 3 nitrogen and oxygen atoms in total. The molecule has 0 bridgehead atoms. The number of anilines is 1. The van der Waals surface area contributed by atoms with Crippen LogP contribution in [0.2, 0.25) is 0 Å². The number of halogens is 2. The van der Waals surface area contributed by atoms with Crippen molar-refractivity contribution in [3.05, 3.63) is 62.5 Å². The highest BCUT2D eigenvalue weighted by Crippen LogP contribution is 2.24. The Morgan fingerprint density at radius 1 is 1.19 bits per heavy atom. The standard InChI is InChI=1S/C16H16Br2N2O/c1-2-20(10-11-5-3-4-6-15(11)19)16(21)13-9-12(17)7-8-14(13)18/h3-9H,2,10,19H2,1H3. The summed E-state index contributed by atoms with van der Waals surface area (Å²) in [5.74, 6) is -0.0195. The normalized spacial score (nSPS) is 10.4. The molecule has 0 aliphatic heterocycles. The van der Waals surface area contributed by atoms with E-state index in [-0.39, 0.29) is 5.91 Å². The van der Waals surface area contributed by atoms with Gasteiger partial charge in [-0.3, -0.25) is 4.79 Å². The van der Waals surface area contributed by atoms with Crippen molar-refractivity contribution >= 4 is 43.5 Å². The van der Waals surface area contributed by atoms with E-state index in [9.17, 15) is 4.79 Å². The number of carbonyl (C=O) groups is 1. The fourth-order valence-electron chi connectivity index (χ4n) is 2.04. The third-order valence-electron chi connectivity index (χ3n) is 3.24. The van der Waals surface area contributed by atoms with Gasteiger partial charge >= 0.3 is 0 Å². The maximum atomic E-state index is 12.7. The Kier molecular flexibility index (Phi) is 5.42. The Hall–Kier alpha value is -1.33. The van der Waals surface area contributed by atoms with Gasteiger partial charge in [0.1, 0.15) is 0 Å². The van der Waals surface area contributed by atoms with Crippen LogP contribution in [0.25, 0.3) is 0 Å². The zero-order valence-corrected chi connectivity index (χ0v) is 14.8. The third kappa shape index (κ3) is 3.86. The summed E-state index contributed by atoms with van der Waals surface area (Å²) in [6, 6.07) is 13.2. The molecule has 0 unspecified atom stereocenters. The Morgan fingerprint density at radius 2 is 1.90 bits per heavy atom. The molecule has 110 valence electrons. The molecule has 2 aromatic rings. The summed E-state index contributed by atoms with van der Waals surface area (Å²) in [6.45, 7) is 3.08. The van der Waals surface area contributed by atoms with Crippen LogP contribution in [0.15, 0.2) is 51.4 Å². The number of amides is 1. The molecular formula is C16H16Br2N2O. The van der Waals surface area contributed by atoms with Gasteiger partial charge in [0.05, 0.1) is 5.56 Å². The van der Waals surface area contributed by atoms with Crippen LogP contribution in [-0.2, 0) is 6.54 Å². The van der Waals surface area contributed by atoms with Crippen molar-refractivity contribution in [1.82, 2.24) is 4.90 Å². The van der Waals surface area contributed by atoms with Crippen LogP contribution in [0.1, 0.15) is 22.8 Å². The number of benzene rings is 2. The zero-order valence-electron chi connectivity index (χ0n) is 11.6. The van der Waals surface area contributed by atoms with Crippen molar-refractivity contribution in [2.24, 2.45) is 0 Å². The summed E-state index contributed by atoms with van der Waals surface area (Å²) in [4.78, 5) is 14.5.